The molecule has 2 saturated heterocycles. The molecule has 0 radical (unpaired) electrons. The molecule has 2 atom stereocenters. The second-order valence-corrected chi connectivity index (χ2v) is 5.62. The number of hydrogen-bond donors (Lipinski definition) is 0. The summed E-state index contributed by atoms with van der Waals surface area (Å²) in [7, 11) is 2.12. The van der Waals surface area contributed by atoms with Crippen molar-refractivity contribution >= 4 is 5.69 Å². The van der Waals surface area contributed by atoms with Crippen molar-refractivity contribution in [3.63, 3.8) is 0 Å². The first kappa shape index (κ1) is 13.9. The summed E-state index contributed by atoms with van der Waals surface area (Å²) in [4.78, 5) is 4.49. The van der Waals surface area contributed by atoms with E-state index in [0.29, 0.717) is 17.2 Å². The molecule has 5 nitrogen and oxygen atoms in total. The maximum Gasteiger partial charge on any atom is 0.101 e. The summed E-state index contributed by atoms with van der Waals surface area (Å²) in [6.07, 6.45) is 1.19. The zero-order valence-corrected chi connectivity index (χ0v) is 12.1. The van der Waals surface area contributed by atoms with Crippen LogP contribution in [-0.4, -0.2) is 50.3 Å². The predicted octanol–water partition coefficient (Wildman–Crippen LogP) is 1.34. The Morgan fingerprint density at radius 2 is 1.90 bits per heavy atom. The molecule has 0 aliphatic carbocycles. The van der Waals surface area contributed by atoms with Gasteiger partial charge in [-0.05, 0) is 25.6 Å². The molecule has 5 heteroatoms. The molecule has 21 heavy (non-hydrogen) atoms. The Morgan fingerprint density at radius 3 is 2.57 bits per heavy atom. The molecule has 2 heterocycles. The number of morpholine rings is 1. The molecule has 108 valence electrons. The van der Waals surface area contributed by atoms with Crippen LogP contribution >= 0.6 is 0 Å². The van der Waals surface area contributed by atoms with E-state index in [4.69, 9.17) is 4.74 Å². The molecule has 1 aromatic carbocycles. The number of para-hydroxylation sites is 1. The smallest absolute Gasteiger partial charge is 0.101 e. The average molecular weight is 282 g/mol. The zero-order chi connectivity index (χ0) is 14.8. The molecular formula is C16H18N4O. The Hall–Kier alpha value is -2.08. The molecule has 0 aromatic heterocycles. The van der Waals surface area contributed by atoms with Crippen molar-refractivity contribution in [2.24, 2.45) is 0 Å². The van der Waals surface area contributed by atoms with E-state index in [2.05, 4.69) is 29.0 Å². The number of piperidine rings is 1. The van der Waals surface area contributed by atoms with Gasteiger partial charge in [0.05, 0.1) is 35.6 Å². The number of fused-ring (bicyclic) bond motifs is 1. The van der Waals surface area contributed by atoms with Gasteiger partial charge in [0, 0.05) is 19.6 Å². The van der Waals surface area contributed by atoms with Crippen molar-refractivity contribution in [1.82, 2.24) is 4.90 Å². The van der Waals surface area contributed by atoms with Crippen LogP contribution in [0.3, 0.4) is 0 Å². The van der Waals surface area contributed by atoms with Gasteiger partial charge in [0.25, 0.3) is 0 Å². The highest BCUT2D eigenvalue weighted by Gasteiger charge is 2.36. The molecule has 3 rings (SSSR count). The first-order valence-corrected chi connectivity index (χ1v) is 7.24. The van der Waals surface area contributed by atoms with E-state index in [1.165, 1.54) is 0 Å². The molecule has 0 spiro atoms. The van der Waals surface area contributed by atoms with E-state index in [-0.39, 0.29) is 6.10 Å². The fourth-order valence-corrected chi connectivity index (χ4v) is 3.31. The number of hydrogen-bond acceptors (Lipinski definition) is 5. The van der Waals surface area contributed by atoms with Gasteiger partial charge in [0.15, 0.2) is 0 Å². The normalized spacial score (nSPS) is 25.8. The highest BCUT2D eigenvalue weighted by atomic mass is 16.5. The van der Waals surface area contributed by atoms with E-state index in [0.717, 1.165) is 38.3 Å². The largest absolute Gasteiger partial charge is 0.375 e. The van der Waals surface area contributed by atoms with Crippen LogP contribution in [-0.2, 0) is 4.74 Å². The summed E-state index contributed by atoms with van der Waals surface area (Å²) in [6.45, 7) is 3.34. The lowest BCUT2D eigenvalue weighted by Crippen LogP contribution is -2.59. The molecular weight excluding hydrogens is 264 g/mol. The maximum atomic E-state index is 9.33. The molecule has 1 aromatic rings. The van der Waals surface area contributed by atoms with Gasteiger partial charge < -0.3 is 9.64 Å². The topological polar surface area (TPSA) is 63.3 Å². The van der Waals surface area contributed by atoms with Crippen LogP contribution in [0.4, 0.5) is 5.69 Å². The highest BCUT2D eigenvalue weighted by molar-refractivity contribution is 5.68. The SMILES string of the molecule is CN1CCO[C@@H]2CCN(c3c(C#N)cccc3C#N)C[C@H]21. The maximum absolute atomic E-state index is 9.33. The van der Waals surface area contributed by atoms with Gasteiger partial charge in [-0.3, -0.25) is 4.90 Å². The lowest BCUT2D eigenvalue weighted by molar-refractivity contribution is -0.0687. The molecule has 2 aliphatic heterocycles. The quantitative estimate of drug-likeness (QED) is 0.778. The van der Waals surface area contributed by atoms with E-state index in [9.17, 15) is 10.5 Å². The van der Waals surface area contributed by atoms with E-state index in [1.807, 2.05) is 0 Å². The Kier molecular flexibility index (Phi) is 3.79. The van der Waals surface area contributed by atoms with Gasteiger partial charge in [-0.15, -0.1) is 0 Å². The highest BCUT2D eigenvalue weighted by Crippen LogP contribution is 2.30. The predicted molar refractivity (Wildman–Crippen MR) is 78.9 cm³/mol. The minimum absolute atomic E-state index is 0.264. The molecule has 2 aliphatic rings. The third-order valence-electron chi connectivity index (χ3n) is 4.46. The summed E-state index contributed by atoms with van der Waals surface area (Å²) in [5, 5.41) is 18.7. The summed E-state index contributed by atoms with van der Waals surface area (Å²) < 4.78 is 5.85. The van der Waals surface area contributed by atoms with Crippen LogP contribution in [0.15, 0.2) is 18.2 Å². The van der Waals surface area contributed by atoms with Crippen molar-refractivity contribution in [2.45, 2.75) is 18.6 Å². The van der Waals surface area contributed by atoms with Gasteiger partial charge in [-0.25, -0.2) is 0 Å². The van der Waals surface area contributed by atoms with Crippen LogP contribution in [0.5, 0.6) is 0 Å². The number of anilines is 1. The number of ether oxygens (including phenoxy) is 1. The number of benzene rings is 1. The number of likely N-dealkylation sites (N-methyl/N-ethyl adjacent to an activating group) is 1. The average Bonchev–Trinajstić information content (AvgIpc) is 2.54. The monoisotopic (exact) mass is 282 g/mol. The van der Waals surface area contributed by atoms with Crippen LogP contribution < -0.4 is 4.90 Å². The number of nitriles is 2. The first-order valence-electron chi connectivity index (χ1n) is 7.24. The first-order chi connectivity index (χ1) is 10.2. The fourth-order valence-electron chi connectivity index (χ4n) is 3.31. The minimum atomic E-state index is 0.264. The summed E-state index contributed by atoms with van der Waals surface area (Å²) in [5.41, 5.74) is 1.93. The lowest BCUT2D eigenvalue weighted by Gasteiger charge is -2.46. The van der Waals surface area contributed by atoms with Crippen LogP contribution in [0.25, 0.3) is 0 Å². The van der Waals surface area contributed by atoms with Crippen molar-refractivity contribution in [3.8, 4) is 12.1 Å². The van der Waals surface area contributed by atoms with E-state index < -0.39 is 0 Å². The van der Waals surface area contributed by atoms with Gasteiger partial charge in [-0.1, -0.05) is 6.07 Å². The Morgan fingerprint density at radius 1 is 1.19 bits per heavy atom. The lowest BCUT2D eigenvalue weighted by atomic mass is 9.97. The third kappa shape index (κ3) is 2.47. The van der Waals surface area contributed by atoms with Gasteiger partial charge in [-0.2, -0.15) is 10.5 Å². The van der Waals surface area contributed by atoms with Crippen LogP contribution in [0.2, 0.25) is 0 Å². The van der Waals surface area contributed by atoms with Crippen LogP contribution in [0.1, 0.15) is 17.5 Å². The zero-order valence-electron chi connectivity index (χ0n) is 12.1. The van der Waals surface area contributed by atoms with Gasteiger partial charge in [0.1, 0.15) is 12.1 Å². The summed E-state index contributed by atoms with van der Waals surface area (Å²) >= 11 is 0. The molecule has 0 N–H and O–H groups in total. The van der Waals surface area contributed by atoms with Gasteiger partial charge in [0.2, 0.25) is 0 Å². The van der Waals surface area contributed by atoms with Crippen molar-refractivity contribution in [3.05, 3.63) is 29.3 Å². The number of rotatable bonds is 1. The molecule has 2 fully saturated rings. The molecule has 0 saturated carbocycles. The Bertz CT molecular complexity index is 583. The standard InChI is InChI=1S/C16H18N4O/c1-19-7-8-21-15-5-6-20(11-14(15)19)16-12(9-17)3-2-4-13(16)10-18/h2-4,14-15H,5-8,11H2,1H3/t14-,15-/m1/s1. The van der Waals surface area contributed by atoms with Crippen molar-refractivity contribution in [2.75, 3.05) is 38.2 Å². The molecule has 0 unspecified atom stereocenters. The third-order valence-corrected chi connectivity index (χ3v) is 4.46. The number of nitrogens with zero attached hydrogens (tertiary/aromatic N) is 4. The second kappa shape index (κ2) is 5.73. The van der Waals surface area contributed by atoms with Crippen molar-refractivity contribution in [1.29, 1.82) is 10.5 Å². The van der Waals surface area contributed by atoms with Crippen molar-refractivity contribution < 1.29 is 4.74 Å². The Labute approximate surface area is 124 Å². The minimum Gasteiger partial charge on any atom is -0.375 e. The van der Waals surface area contributed by atoms with Crippen LogP contribution in [0, 0.1) is 22.7 Å². The molecule has 0 bridgehead atoms. The summed E-state index contributed by atoms with van der Waals surface area (Å²) in [5.74, 6) is 0. The molecule has 0 amide bonds. The summed E-state index contributed by atoms with van der Waals surface area (Å²) in [6, 6.07) is 10.1. The van der Waals surface area contributed by atoms with E-state index >= 15 is 0 Å². The van der Waals surface area contributed by atoms with E-state index in [1.54, 1.807) is 18.2 Å². The fraction of sp³-hybridized carbons (Fsp3) is 0.500. The Balaban J connectivity index is 1.92. The second-order valence-electron chi connectivity index (χ2n) is 5.62. The van der Waals surface area contributed by atoms with Gasteiger partial charge >= 0.3 is 0 Å².